The van der Waals surface area contributed by atoms with E-state index < -0.39 is 23.5 Å². The zero-order valence-electron chi connectivity index (χ0n) is 7.24. The van der Waals surface area contributed by atoms with Gasteiger partial charge >= 0.3 is 5.97 Å². The number of hydrogen-bond acceptors (Lipinski definition) is 3. The lowest BCUT2D eigenvalue weighted by Crippen LogP contribution is -2.13. The van der Waals surface area contributed by atoms with Gasteiger partial charge in [0.15, 0.2) is 0 Å². The standard InChI is InChI=1S/C8H7FN2O3/c1-4(12)11-6-5(8(13)14)2-3-10-7(6)9/h2-3H,1H3,(H,11,12)(H,13,14). The number of anilines is 1. The highest BCUT2D eigenvalue weighted by molar-refractivity contribution is 5.99. The minimum Gasteiger partial charge on any atom is -0.478 e. The molecule has 6 heteroatoms. The van der Waals surface area contributed by atoms with Gasteiger partial charge in [-0.1, -0.05) is 0 Å². The first-order valence-corrected chi connectivity index (χ1v) is 3.67. The number of pyridine rings is 1. The lowest BCUT2D eigenvalue weighted by molar-refractivity contribution is -0.114. The van der Waals surface area contributed by atoms with Crippen LogP contribution in [0.15, 0.2) is 12.3 Å². The molecule has 0 saturated carbocycles. The summed E-state index contributed by atoms with van der Waals surface area (Å²) < 4.78 is 13.0. The van der Waals surface area contributed by atoms with E-state index in [2.05, 4.69) is 10.3 Å². The third kappa shape index (κ3) is 2.03. The molecule has 0 aliphatic rings. The first-order valence-electron chi connectivity index (χ1n) is 3.67. The van der Waals surface area contributed by atoms with Crippen molar-refractivity contribution in [3.8, 4) is 0 Å². The minimum absolute atomic E-state index is 0.326. The molecule has 1 aromatic heterocycles. The fourth-order valence-corrected chi connectivity index (χ4v) is 0.909. The van der Waals surface area contributed by atoms with E-state index >= 15 is 0 Å². The summed E-state index contributed by atoms with van der Waals surface area (Å²) in [5, 5.41) is 10.7. The van der Waals surface area contributed by atoms with Crippen LogP contribution in [0.1, 0.15) is 17.3 Å². The van der Waals surface area contributed by atoms with Crippen LogP contribution in [0.2, 0.25) is 0 Å². The maximum atomic E-state index is 13.0. The van der Waals surface area contributed by atoms with E-state index in [0.717, 1.165) is 19.2 Å². The number of nitrogens with zero attached hydrogens (tertiary/aromatic N) is 1. The number of halogens is 1. The molecule has 14 heavy (non-hydrogen) atoms. The van der Waals surface area contributed by atoms with Gasteiger partial charge in [0.25, 0.3) is 0 Å². The van der Waals surface area contributed by atoms with Crippen LogP contribution in [0, 0.1) is 5.95 Å². The summed E-state index contributed by atoms with van der Waals surface area (Å²) >= 11 is 0. The van der Waals surface area contributed by atoms with Crippen molar-refractivity contribution >= 4 is 17.6 Å². The number of carboxylic acids is 1. The normalized spacial score (nSPS) is 9.57. The highest BCUT2D eigenvalue weighted by Gasteiger charge is 2.15. The Labute approximate surface area is 78.6 Å². The zero-order chi connectivity index (χ0) is 10.7. The molecule has 5 nitrogen and oxygen atoms in total. The highest BCUT2D eigenvalue weighted by atomic mass is 19.1. The Bertz CT molecular complexity index is 392. The molecule has 0 unspecified atom stereocenters. The molecular weight excluding hydrogens is 191 g/mol. The average molecular weight is 198 g/mol. The Morgan fingerprint density at radius 2 is 2.21 bits per heavy atom. The summed E-state index contributed by atoms with van der Waals surface area (Å²) in [7, 11) is 0. The number of amides is 1. The summed E-state index contributed by atoms with van der Waals surface area (Å²) in [4.78, 5) is 24.5. The van der Waals surface area contributed by atoms with Crippen LogP contribution < -0.4 is 5.32 Å². The Morgan fingerprint density at radius 3 is 2.71 bits per heavy atom. The van der Waals surface area contributed by atoms with Crippen molar-refractivity contribution in [1.82, 2.24) is 4.98 Å². The van der Waals surface area contributed by atoms with Crippen molar-refractivity contribution in [2.45, 2.75) is 6.92 Å². The molecule has 1 heterocycles. The predicted octanol–water partition coefficient (Wildman–Crippen LogP) is 0.877. The molecule has 0 aromatic carbocycles. The number of aromatic carboxylic acids is 1. The van der Waals surface area contributed by atoms with Crippen LogP contribution in [-0.2, 0) is 4.79 Å². The van der Waals surface area contributed by atoms with Crippen molar-refractivity contribution < 1.29 is 19.1 Å². The van der Waals surface area contributed by atoms with Crippen molar-refractivity contribution in [3.63, 3.8) is 0 Å². The first kappa shape index (κ1) is 10.1. The molecule has 2 N–H and O–H groups in total. The van der Waals surface area contributed by atoms with Crippen molar-refractivity contribution in [2.24, 2.45) is 0 Å². The Morgan fingerprint density at radius 1 is 1.57 bits per heavy atom. The zero-order valence-corrected chi connectivity index (χ0v) is 7.24. The molecule has 0 saturated heterocycles. The summed E-state index contributed by atoms with van der Waals surface area (Å²) in [6.45, 7) is 1.15. The van der Waals surface area contributed by atoms with Gasteiger partial charge in [0, 0.05) is 13.1 Å². The molecule has 0 fully saturated rings. The number of carbonyl (C=O) groups excluding carboxylic acids is 1. The van der Waals surface area contributed by atoms with E-state index in [9.17, 15) is 14.0 Å². The summed E-state index contributed by atoms with van der Waals surface area (Å²) in [5.74, 6) is -2.89. The average Bonchev–Trinajstić information content (AvgIpc) is 2.07. The van der Waals surface area contributed by atoms with Crippen LogP contribution in [0.4, 0.5) is 10.1 Å². The van der Waals surface area contributed by atoms with E-state index in [1.165, 1.54) is 0 Å². The van der Waals surface area contributed by atoms with Gasteiger partial charge in [0.2, 0.25) is 11.9 Å². The van der Waals surface area contributed by atoms with Crippen molar-refractivity contribution in [2.75, 3.05) is 5.32 Å². The second kappa shape index (κ2) is 3.82. The van der Waals surface area contributed by atoms with Crippen LogP contribution in [0.5, 0.6) is 0 Å². The summed E-state index contributed by atoms with van der Waals surface area (Å²) in [5.41, 5.74) is -0.736. The van der Waals surface area contributed by atoms with Crippen LogP contribution in [-0.4, -0.2) is 22.0 Å². The Balaban J connectivity index is 3.22. The number of hydrogen-bond donors (Lipinski definition) is 2. The maximum Gasteiger partial charge on any atom is 0.338 e. The Kier molecular flexibility index (Phi) is 2.76. The molecule has 0 radical (unpaired) electrons. The van der Waals surface area contributed by atoms with Gasteiger partial charge in [-0.2, -0.15) is 4.39 Å². The lowest BCUT2D eigenvalue weighted by atomic mass is 10.2. The molecule has 0 spiro atoms. The second-order valence-corrected chi connectivity index (χ2v) is 2.51. The van der Waals surface area contributed by atoms with E-state index in [0.29, 0.717) is 0 Å². The van der Waals surface area contributed by atoms with E-state index in [1.807, 2.05) is 0 Å². The van der Waals surface area contributed by atoms with Crippen LogP contribution in [0.25, 0.3) is 0 Å². The number of aromatic nitrogens is 1. The van der Waals surface area contributed by atoms with Gasteiger partial charge in [0.1, 0.15) is 5.69 Å². The monoisotopic (exact) mass is 198 g/mol. The molecule has 1 amide bonds. The van der Waals surface area contributed by atoms with Crippen LogP contribution >= 0.6 is 0 Å². The van der Waals surface area contributed by atoms with Gasteiger partial charge in [-0.15, -0.1) is 0 Å². The van der Waals surface area contributed by atoms with Gasteiger partial charge in [-0.25, -0.2) is 9.78 Å². The van der Waals surface area contributed by atoms with Gasteiger partial charge in [-0.3, -0.25) is 4.79 Å². The highest BCUT2D eigenvalue weighted by Crippen LogP contribution is 2.17. The first-order chi connectivity index (χ1) is 6.52. The number of nitrogens with one attached hydrogen (secondary N) is 1. The number of rotatable bonds is 2. The quantitative estimate of drug-likeness (QED) is 0.691. The molecular formula is C8H7FN2O3. The maximum absolute atomic E-state index is 13.0. The van der Waals surface area contributed by atoms with Gasteiger partial charge in [-0.05, 0) is 6.07 Å². The molecule has 0 aliphatic carbocycles. The molecule has 1 rings (SSSR count). The molecule has 0 atom stereocenters. The summed E-state index contributed by atoms with van der Waals surface area (Å²) in [6, 6.07) is 1.11. The van der Waals surface area contributed by atoms with Crippen molar-refractivity contribution in [3.05, 3.63) is 23.8 Å². The lowest BCUT2D eigenvalue weighted by Gasteiger charge is -2.05. The fourth-order valence-electron chi connectivity index (χ4n) is 0.909. The van der Waals surface area contributed by atoms with Gasteiger partial charge < -0.3 is 10.4 Å². The molecule has 0 aliphatic heterocycles. The minimum atomic E-state index is -1.32. The smallest absolute Gasteiger partial charge is 0.338 e. The van der Waals surface area contributed by atoms with Crippen LogP contribution in [0.3, 0.4) is 0 Å². The molecule has 0 bridgehead atoms. The largest absolute Gasteiger partial charge is 0.478 e. The van der Waals surface area contributed by atoms with E-state index in [4.69, 9.17) is 5.11 Å². The topological polar surface area (TPSA) is 79.3 Å². The second-order valence-electron chi connectivity index (χ2n) is 2.51. The molecule has 74 valence electrons. The van der Waals surface area contributed by atoms with E-state index in [1.54, 1.807) is 0 Å². The SMILES string of the molecule is CC(=O)Nc1c(C(=O)O)ccnc1F. The van der Waals surface area contributed by atoms with Gasteiger partial charge in [0.05, 0.1) is 5.56 Å². The Hall–Kier alpha value is -1.98. The number of carboxylic acid groups (broad SMARTS) is 1. The fraction of sp³-hybridized carbons (Fsp3) is 0.125. The molecule has 1 aromatic rings. The number of carbonyl (C=O) groups is 2. The predicted molar refractivity (Wildman–Crippen MR) is 45.5 cm³/mol. The third-order valence-corrected chi connectivity index (χ3v) is 1.44. The van der Waals surface area contributed by atoms with Crippen molar-refractivity contribution in [1.29, 1.82) is 0 Å². The third-order valence-electron chi connectivity index (χ3n) is 1.44. The van der Waals surface area contributed by atoms with E-state index in [-0.39, 0.29) is 5.56 Å². The summed E-state index contributed by atoms with van der Waals surface area (Å²) in [6.07, 6.45) is 1.02.